The molecule has 1 aliphatic heterocycles. The second-order valence-electron chi connectivity index (χ2n) is 6.95. The van der Waals surface area contributed by atoms with Gasteiger partial charge in [-0.3, -0.25) is 9.78 Å². The Balaban J connectivity index is 1.55. The molecule has 0 bridgehead atoms. The highest BCUT2D eigenvalue weighted by atomic mass is 79.9. The van der Waals surface area contributed by atoms with E-state index in [-0.39, 0.29) is 22.1 Å². The first-order valence-electron chi connectivity index (χ1n) is 9.34. The Labute approximate surface area is 181 Å². The normalized spacial score (nSPS) is 15.0. The Bertz CT molecular complexity index is 959. The highest BCUT2D eigenvalue weighted by Gasteiger charge is 2.30. The fraction of sp³-hybridized carbons (Fsp3) is 0.300. The van der Waals surface area contributed by atoms with E-state index in [1.807, 2.05) is 13.0 Å². The van der Waals surface area contributed by atoms with Gasteiger partial charge in [-0.25, -0.2) is 9.18 Å². The van der Waals surface area contributed by atoms with Crippen LogP contribution in [-0.2, 0) is 4.79 Å². The van der Waals surface area contributed by atoms with Crippen LogP contribution in [0.2, 0.25) is 0 Å². The largest absolute Gasteiger partial charge is 0.409 e. The molecule has 0 atom stereocenters. The number of aryl methyl sites for hydroxylation is 1. The number of piperidine rings is 1. The number of aromatic nitrogens is 1. The predicted molar refractivity (Wildman–Crippen MR) is 114 cm³/mol. The summed E-state index contributed by atoms with van der Waals surface area (Å²) in [6.45, 7) is 2.64. The average molecular weight is 478 g/mol. The number of halogens is 2. The lowest BCUT2D eigenvalue weighted by molar-refractivity contribution is -0.117. The van der Waals surface area contributed by atoms with E-state index in [9.17, 15) is 19.2 Å². The molecule has 10 heteroatoms. The fourth-order valence-corrected chi connectivity index (χ4v) is 3.51. The van der Waals surface area contributed by atoms with Gasteiger partial charge in [0, 0.05) is 30.4 Å². The fourth-order valence-electron chi connectivity index (χ4n) is 3.13. The minimum atomic E-state index is -0.443. The zero-order chi connectivity index (χ0) is 21.7. The first-order chi connectivity index (χ1) is 14.4. The molecule has 158 valence electrons. The molecule has 1 aromatic carbocycles. The Morgan fingerprint density at radius 2 is 1.90 bits per heavy atom. The van der Waals surface area contributed by atoms with Crippen LogP contribution in [0.25, 0.3) is 0 Å². The number of hydrogen-bond donors (Lipinski definition) is 3. The number of hydrogen-bond acceptors (Lipinski definition) is 5. The van der Waals surface area contributed by atoms with Crippen LogP contribution >= 0.6 is 15.9 Å². The zero-order valence-electron chi connectivity index (χ0n) is 16.2. The van der Waals surface area contributed by atoms with Gasteiger partial charge in [-0.1, -0.05) is 5.16 Å². The lowest BCUT2D eigenvalue weighted by Crippen LogP contribution is -2.44. The van der Waals surface area contributed by atoms with Crippen molar-refractivity contribution in [2.24, 2.45) is 11.1 Å². The molecule has 30 heavy (non-hydrogen) atoms. The van der Waals surface area contributed by atoms with Gasteiger partial charge < -0.3 is 20.7 Å². The number of amides is 2. The van der Waals surface area contributed by atoms with Crippen molar-refractivity contribution in [3.8, 4) is 0 Å². The second-order valence-corrected chi connectivity index (χ2v) is 7.80. The van der Waals surface area contributed by atoms with Crippen LogP contribution in [0, 0.1) is 18.7 Å². The molecule has 0 spiro atoms. The number of amidine groups is 1. The molecular formula is C20H21BrFN5O3. The predicted octanol–water partition coefficient (Wildman–Crippen LogP) is 4.00. The van der Waals surface area contributed by atoms with Gasteiger partial charge in [-0.05, 0) is 66.0 Å². The molecular weight excluding hydrogens is 457 g/mol. The molecule has 0 aliphatic carbocycles. The molecule has 3 rings (SSSR count). The van der Waals surface area contributed by atoms with E-state index in [4.69, 9.17) is 0 Å². The summed E-state index contributed by atoms with van der Waals surface area (Å²) in [7, 11) is 0. The van der Waals surface area contributed by atoms with Gasteiger partial charge in [-0.15, -0.1) is 0 Å². The quantitative estimate of drug-likeness (QED) is 0.267. The highest BCUT2D eigenvalue weighted by molar-refractivity contribution is 9.10. The minimum Gasteiger partial charge on any atom is -0.409 e. The van der Waals surface area contributed by atoms with Gasteiger partial charge in [0.15, 0.2) is 0 Å². The number of rotatable bonds is 4. The average Bonchev–Trinajstić information content (AvgIpc) is 2.75. The summed E-state index contributed by atoms with van der Waals surface area (Å²) in [5.74, 6) is -1.42. The minimum absolute atomic E-state index is 0.220. The lowest BCUT2D eigenvalue weighted by Gasteiger charge is -2.31. The first-order valence-corrected chi connectivity index (χ1v) is 10.1. The maximum atomic E-state index is 13.4. The van der Waals surface area contributed by atoms with Crippen LogP contribution in [0.15, 0.2) is 46.2 Å². The Morgan fingerprint density at radius 3 is 2.50 bits per heavy atom. The van der Waals surface area contributed by atoms with E-state index in [1.165, 1.54) is 18.2 Å². The summed E-state index contributed by atoms with van der Waals surface area (Å²) in [6.07, 6.45) is 2.46. The van der Waals surface area contributed by atoms with Crippen molar-refractivity contribution >= 4 is 45.0 Å². The van der Waals surface area contributed by atoms with Crippen molar-refractivity contribution in [3.63, 3.8) is 0 Å². The zero-order valence-corrected chi connectivity index (χ0v) is 17.8. The van der Waals surface area contributed by atoms with Crippen molar-refractivity contribution in [1.29, 1.82) is 0 Å². The molecule has 0 saturated carbocycles. The number of anilines is 2. The lowest BCUT2D eigenvalue weighted by atomic mass is 9.92. The molecule has 1 saturated heterocycles. The second kappa shape index (κ2) is 9.66. The van der Waals surface area contributed by atoms with E-state index in [0.717, 1.165) is 5.69 Å². The molecule has 8 nitrogen and oxygen atoms in total. The van der Waals surface area contributed by atoms with Crippen molar-refractivity contribution in [2.75, 3.05) is 23.7 Å². The summed E-state index contributed by atoms with van der Waals surface area (Å²) in [6, 6.07) is 7.44. The number of benzene rings is 1. The SMILES string of the molecule is Cc1ccc(NC(=O)N2CCC(C(=O)/C(=N/O)Nc3ccc(F)c(Br)c3)CC2)cn1. The third-order valence-corrected chi connectivity index (χ3v) is 5.44. The topological polar surface area (TPSA) is 107 Å². The van der Waals surface area contributed by atoms with Crippen molar-refractivity contribution in [1.82, 2.24) is 9.88 Å². The monoisotopic (exact) mass is 477 g/mol. The summed E-state index contributed by atoms with van der Waals surface area (Å²) < 4.78 is 13.6. The molecule has 0 radical (unpaired) electrons. The summed E-state index contributed by atoms with van der Waals surface area (Å²) >= 11 is 3.07. The van der Waals surface area contributed by atoms with E-state index >= 15 is 0 Å². The number of ketones is 1. The molecule has 2 amide bonds. The molecule has 2 heterocycles. The Kier molecular flexibility index (Phi) is 6.99. The van der Waals surface area contributed by atoms with E-state index in [1.54, 1.807) is 17.2 Å². The highest BCUT2D eigenvalue weighted by Crippen LogP contribution is 2.23. The summed E-state index contributed by atoms with van der Waals surface area (Å²) in [5.41, 5.74) is 1.87. The number of oxime groups is 1. The van der Waals surface area contributed by atoms with Gasteiger partial charge in [-0.2, -0.15) is 0 Å². The number of nitrogens with zero attached hydrogens (tertiary/aromatic N) is 3. The molecule has 1 aliphatic rings. The van der Waals surface area contributed by atoms with Gasteiger partial charge in [0.1, 0.15) is 5.82 Å². The first kappa shape index (κ1) is 21.7. The third-order valence-electron chi connectivity index (χ3n) is 4.83. The number of urea groups is 1. The number of carbonyl (C=O) groups excluding carboxylic acids is 2. The van der Waals surface area contributed by atoms with Crippen LogP contribution in [0.4, 0.5) is 20.6 Å². The third kappa shape index (κ3) is 5.32. The molecule has 1 fully saturated rings. The van der Waals surface area contributed by atoms with Crippen LogP contribution < -0.4 is 10.6 Å². The van der Waals surface area contributed by atoms with Crippen molar-refractivity contribution in [2.45, 2.75) is 19.8 Å². The maximum absolute atomic E-state index is 13.4. The standard InChI is InChI=1S/C20H21BrFN5O3/c1-12-2-3-15(11-23-12)25-20(29)27-8-6-13(7-9-27)18(28)19(26-30)24-14-4-5-17(22)16(21)10-14/h2-5,10-11,13,30H,6-9H2,1H3,(H,24,26)(H,25,29). The van der Waals surface area contributed by atoms with E-state index in [0.29, 0.717) is 37.3 Å². The number of carbonyl (C=O) groups is 2. The van der Waals surface area contributed by atoms with Crippen LogP contribution in [-0.4, -0.2) is 45.8 Å². The summed E-state index contributed by atoms with van der Waals surface area (Å²) in [4.78, 5) is 30.9. The van der Waals surface area contributed by atoms with Gasteiger partial charge in [0.25, 0.3) is 0 Å². The smallest absolute Gasteiger partial charge is 0.321 e. The number of Topliss-reactive ketones (excluding diaryl/α,β-unsaturated/α-hetero) is 1. The molecule has 2 aromatic rings. The molecule has 3 N–H and O–H groups in total. The van der Waals surface area contributed by atoms with Gasteiger partial charge >= 0.3 is 6.03 Å². The summed E-state index contributed by atoms with van der Waals surface area (Å²) in [5, 5.41) is 17.9. The van der Waals surface area contributed by atoms with Crippen LogP contribution in [0.3, 0.4) is 0 Å². The Hall–Kier alpha value is -3.01. The van der Waals surface area contributed by atoms with Crippen LogP contribution in [0.1, 0.15) is 18.5 Å². The van der Waals surface area contributed by atoms with E-state index in [2.05, 4.69) is 36.7 Å². The molecule has 1 aromatic heterocycles. The number of likely N-dealkylation sites (tertiary alicyclic amines) is 1. The van der Waals surface area contributed by atoms with Crippen molar-refractivity contribution in [3.05, 3.63) is 52.5 Å². The number of pyridine rings is 1. The van der Waals surface area contributed by atoms with Crippen molar-refractivity contribution < 1.29 is 19.2 Å². The van der Waals surface area contributed by atoms with E-state index < -0.39 is 11.7 Å². The van der Waals surface area contributed by atoms with Gasteiger partial charge in [0.05, 0.1) is 16.4 Å². The van der Waals surface area contributed by atoms with Gasteiger partial charge in [0.2, 0.25) is 11.6 Å². The number of nitrogens with one attached hydrogen (secondary N) is 2. The van der Waals surface area contributed by atoms with Crippen LogP contribution in [0.5, 0.6) is 0 Å². The maximum Gasteiger partial charge on any atom is 0.321 e. The Morgan fingerprint density at radius 1 is 1.20 bits per heavy atom. The molecule has 0 unspecified atom stereocenters.